The van der Waals surface area contributed by atoms with E-state index in [0.29, 0.717) is 22.8 Å². The standard InChI is InChI=1S/C33H42ClN3O2/c1-20(2)12-13-21(3)16-33(5,6)17-24-30(35-7)31(32(24)39)36-27-15-14-26(34)25-18-37(22(4)29(25)27)28-11-9-8-10-23(28)19-38/h12-15,17,19,23,28,35-36H,4,8-11,16,18H2,1-3,5-7H3/b21-13+,24-17+. The lowest BCUT2D eigenvalue weighted by Crippen LogP contribution is -2.39. The molecule has 4 rings (SSSR count). The summed E-state index contributed by atoms with van der Waals surface area (Å²) in [7, 11) is 1.85. The van der Waals surface area contributed by atoms with Crippen molar-refractivity contribution in [1.82, 2.24) is 10.2 Å². The van der Waals surface area contributed by atoms with Crippen LogP contribution in [0.25, 0.3) is 5.70 Å². The van der Waals surface area contributed by atoms with E-state index in [4.69, 9.17) is 11.6 Å². The first-order valence-electron chi connectivity index (χ1n) is 14.0. The van der Waals surface area contributed by atoms with E-state index in [-0.39, 0.29) is 23.2 Å². The van der Waals surface area contributed by atoms with Crippen LogP contribution in [0.3, 0.4) is 0 Å². The molecule has 2 unspecified atom stereocenters. The van der Waals surface area contributed by atoms with Crippen LogP contribution in [0.15, 0.2) is 65.1 Å². The highest BCUT2D eigenvalue weighted by molar-refractivity contribution is 6.32. The van der Waals surface area contributed by atoms with Gasteiger partial charge in [0.1, 0.15) is 12.0 Å². The fourth-order valence-corrected chi connectivity index (χ4v) is 6.45. The van der Waals surface area contributed by atoms with Crippen LogP contribution in [0.1, 0.15) is 77.8 Å². The molecule has 0 aromatic heterocycles. The Kier molecular flexibility index (Phi) is 8.60. The maximum Gasteiger partial charge on any atom is 0.213 e. The molecule has 1 aromatic rings. The van der Waals surface area contributed by atoms with Gasteiger partial charge in [-0.25, -0.2) is 0 Å². The predicted octanol–water partition coefficient (Wildman–Crippen LogP) is 7.56. The summed E-state index contributed by atoms with van der Waals surface area (Å²) in [4.78, 5) is 27.5. The summed E-state index contributed by atoms with van der Waals surface area (Å²) in [6.07, 6.45) is 12.4. The first-order chi connectivity index (χ1) is 18.5. The van der Waals surface area contributed by atoms with Gasteiger partial charge in [0.25, 0.3) is 0 Å². The third-order valence-electron chi connectivity index (χ3n) is 8.05. The Morgan fingerprint density at radius 3 is 2.54 bits per heavy atom. The van der Waals surface area contributed by atoms with Crippen LogP contribution in [0.4, 0.5) is 5.69 Å². The lowest BCUT2D eigenvalue weighted by molar-refractivity contribution is -0.114. The van der Waals surface area contributed by atoms with Crippen molar-refractivity contribution >= 4 is 35.1 Å². The molecule has 1 fully saturated rings. The summed E-state index contributed by atoms with van der Waals surface area (Å²) in [6, 6.07) is 3.93. The monoisotopic (exact) mass is 547 g/mol. The van der Waals surface area contributed by atoms with E-state index in [0.717, 1.165) is 66.6 Å². The number of hydrogen-bond acceptors (Lipinski definition) is 5. The summed E-state index contributed by atoms with van der Waals surface area (Å²) < 4.78 is 0. The van der Waals surface area contributed by atoms with E-state index in [1.807, 2.05) is 19.2 Å². The Labute approximate surface area is 238 Å². The number of carbonyl (C=O) groups is 2. The van der Waals surface area contributed by atoms with E-state index in [1.165, 1.54) is 11.1 Å². The fourth-order valence-electron chi connectivity index (χ4n) is 6.24. The first kappa shape index (κ1) is 28.9. The number of carbonyl (C=O) groups excluding carboxylic acids is 2. The van der Waals surface area contributed by atoms with Crippen molar-refractivity contribution in [3.63, 3.8) is 0 Å². The molecule has 1 aromatic carbocycles. The van der Waals surface area contributed by atoms with Crippen molar-refractivity contribution < 1.29 is 9.59 Å². The van der Waals surface area contributed by atoms with Gasteiger partial charge in [-0.3, -0.25) is 4.79 Å². The molecule has 0 spiro atoms. The molecule has 208 valence electrons. The molecule has 0 radical (unpaired) electrons. The maximum absolute atomic E-state index is 13.4. The van der Waals surface area contributed by atoms with Gasteiger partial charge in [0.2, 0.25) is 5.78 Å². The van der Waals surface area contributed by atoms with Crippen molar-refractivity contribution in [2.24, 2.45) is 11.3 Å². The number of ketones is 1. The van der Waals surface area contributed by atoms with Gasteiger partial charge in [-0.15, -0.1) is 0 Å². The second-order valence-electron chi connectivity index (χ2n) is 12.1. The van der Waals surface area contributed by atoms with Gasteiger partial charge in [0.05, 0.1) is 5.70 Å². The van der Waals surface area contributed by atoms with Gasteiger partial charge in [0, 0.05) is 58.7 Å². The minimum atomic E-state index is -0.180. The van der Waals surface area contributed by atoms with E-state index < -0.39 is 0 Å². The number of aldehydes is 1. The van der Waals surface area contributed by atoms with Crippen LogP contribution >= 0.6 is 11.6 Å². The normalized spacial score (nSPS) is 22.6. The van der Waals surface area contributed by atoms with Crippen molar-refractivity contribution in [3.8, 4) is 0 Å². The number of Topliss-reactive ketones (excluding diaryl/α,β-unsaturated/α-hetero) is 1. The van der Waals surface area contributed by atoms with E-state index in [2.05, 4.69) is 75.0 Å². The van der Waals surface area contributed by atoms with E-state index >= 15 is 0 Å². The first-order valence-corrected chi connectivity index (χ1v) is 14.4. The fraction of sp³-hybridized carbons (Fsp3) is 0.455. The lowest BCUT2D eigenvalue weighted by Gasteiger charge is -2.37. The Morgan fingerprint density at radius 2 is 1.87 bits per heavy atom. The molecule has 2 atom stereocenters. The third kappa shape index (κ3) is 5.94. The number of nitrogens with zero attached hydrogens (tertiary/aromatic N) is 1. The molecule has 1 saturated carbocycles. The maximum atomic E-state index is 13.4. The van der Waals surface area contributed by atoms with Crippen LogP contribution < -0.4 is 10.6 Å². The molecule has 1 aliphatic heterocycles. The molecule has 0 bridgehead atoms. The Morgan fingerprint density at radius 1 is 1.15 bits per heavy atom. The second-order valence-corrected chi connectivity index (χ2v) is 12.5. The number of hydrogen-bond donors (Lipinski definition) is 2. The molecule has 2 aliphatic carbocycles. The smallest absolute Gasteiger partial charge is 0.213 e. The van der Waals surface area contributed by atoms with Crippen LogP contribution in [0.5, 0.6) is 0 Å². The molecular weight excluding hydrogens is 506 g/mol. The Balaban J connectivity index is 1.60. The Bertz CT molecular complexity index is 1310. The molecule has 5 nitrogen and oxygen atoms in total. The van der Waals surface area contributed by atoms with Crippen LogP contribution in [-0.4, -0.2) is 30.1 Å². The summed E-state index contributed by atoms with van der Waals surface area (Å²) in [6.45, 7) is 15.7. The summed E-state index contributed by atoms with van der Waals surface area (Å²) >= 11 is 6.65. The molecule has 3 aliphatic rings. The number of likely N-dealkylation sites (N-methyl/N-ethyl adjacent to an activating group) is 1. The highest BCUT2D eigenvalue weighted by Gasteiger charge is 2.39. The van der Waals surface area contributed by atoms with E-state index in [9.17, 15) is 9.59 Å². The Hall–Kier alpha value is -3.05. The zero-order chi connectivity index (χ0) is 28.5. The van der Waals surface area contributed by atoms with Gasteiger partial charge in [-0.2, -0.15) is 0 Å². The minimum Gasteiger partial charge on any atom is -0.386 e. The molecule has 0 amide bonds. The SMILES string of the molecule is C=C1c2c(NC3=C(NC)/C(=C\C(C)(C)C/C(C)=C/C=C(C)C)C3=O)ccc(Cl)c2CN1C1CCCCC1C=O. The molecule has 39 heavy (non-hydrogen) atoms. The average Bonchev–Trinajstić information content (AvgIpc) is 3.25. The quantitative estimate of drug-likeness (QED) is 0.190. The van der Waals surface area contributed by atoms with Gasteiger partial charge >= 0.3 is 0 Å². The lowest BCUT2D eigenvalue weighted by atomic mass is 9.79. The number of nitrogens with one attached hydrogen (secondary N) is 2. The van der Waals surface area contributed by atoms with Crippen LogP contribution in [-0.2, 0) is 16.1 Å². The van der Waals surface area contributed by atoms with Crippen molar-refractivity contribution in [3.05, 3.63) is 81.2 Å². The number of anilines is 1. The number of allylic oxidation sites excluding steroid dienone is 7. The number of halogens is 1. The van der Waals surface area contributed by atoms with Crippen molar-refractivity contribution in [1.29, 1.82) is 0 Å². The molecule has 1 heterocycles. The molecule has 0 saturated heterocycles. The zero-order valence-electron chi connectivity index (χ0n) is 24.2. The van der Waals surface area contributed by atoms with Crippen LogP contribution in [0, 0.1) is 11.3 Å². The van der Waals surface area contributed by atoms with Gasteiger partial charge in [-0.1, -0.05) is 74.2 Å². The number of rotatable bonds is 9. The highest BCUT2D eigenvalue weighted by Crippen LogP contribution is 2.46. The van der Waals surface area contributed by atoms with E-state index in [1.54, 1.807) is 0 Å². The zero-order valence-corrected chi connectivity index (χ0v) is 25.0. The summed E-state index contributed by atoms with van der Waals surface area (Å²) in [5, 5.41) is 7.34. The van der Waals surface area contributed by atoms with Gasteiger partial charge < -0.3 is 20.3 Å². The predicted molar refractivity (Wildman–Crippen MR) is 162 cm³/mol. The number of benzene rings is 1. The summed E-state index contributed by atoms with van der Waals surface area (Å²) in [5.74, 6) is -0.000760. The second kappa shape index (κ2) is 11.6. The topological polar surface area (TPSA) is 61.4 Å². The molecular formula is C33H42ClN3O2. The van der Waals surface area contributed by atoms with Crippen LogP contribution in [0.2, 0.25) is 5.02 Å². The summed E-state index contributed by atoms with van der Waals surface area (Å²) in [5.41, 5.74) is 8.04. The molecule has 2 N–H and O–H groups in total. The van der Waals surface area contributed by atoms with Crippen molar-refractivity contribution in [2.75, 3.05) is 12.4 Å². The van der Waals surface area contributed by atoms with Crippen molar-refractivity contribution in [2.45, 2.75) is 79.3 Å². The largest absolute Gasteiger partial charge is 0.386 e. The molecule has 6 heteroatoms. The minimum absolute atomic E-state index is 0.00311. The third-order valence-corrected chi connectivity index (χ3v) is 8.40. The average molecular weight is 548 g/mol. The number of fused-ring (bicyclic) bond motifs is 1. The van der Waals surface area contributed by atoms with Gasteiger partial charge in [0.15, 0.2) is 0 Å². The highest BCUT2D eigenvalue weighted by atomic mass is 35.5. The van der Waals surface area contributed by atoms with Gasteiger partial charge in [-0.05, 0) is 57.6 Å².